The lowest BCUT2D eigenvalue weighted by Crippen LogP contribution is -2.34. The Balaban J connectivity index is 1.35. The van der Waals surface area contributed by atoms with Gasteiger partial charge in [-0.1, -0.05) is 11.6 Å². The molecule has 5 rings (SSSR count). The number of nitrogens with zero attached hydrogens (tertiary/aromatic N) is 2. The van der Waals surface area contributed by atoms with Gasteiger partial charge in [0.05, 0.1) is 16.3 Å². The summed E-state index contributed by atoms with van der Waals surface area (Å²) in [7, 11) is 0. The number of pyridine rings is 1. The lowest BCUT2D eigenvalue weighted by atomic mass is 10.1. The van der Waals surface area contributed by atoms with Crippen molar-refractivity contribution < 1.29 is 14.3 Å². The largest absolute Gasteiger partial charge is 0.489 e. The Kier molecular flexibility index (Phi) is 7.69. The van der Waals surface area contributed by atoms with Crippen LogP contribution in [0.1, 0.15) is 45.7 Å². The number of aromatic nitrogens is 1. The molecule has 3 aromatic rings. The number of carbonyl (C=O) groups is 2. The third-order valence-electron chi connectivity index (χ3n) is 6.35. The second kappa shape index (κ2) is 11.3. The molecular weight excluding hydrogens is 498 g/mol. The van der Waals surface area contributed by atoms with Crippen molar-refractivity contribution >= 4 is 51.9 Å². The van der Waals surface area contributed by atoms with Crippen molar-refractivity contribution in [2.75, 3.05) is 41.7 Å². The minimum absolute atomic E-state index is 0.0565. The zero-order valence-electron chi connectivity index (χ0n) is 19.8. The second-order valence-electron chi connectivity index (χ2n) is 8.88. The number of rotatable bonds is 7. The number of thiophene rings is 1. The summed E-state index contributed by atoms with van der Waals surface area (Å²) in [5.41, 5.74) is 1.96. The van der Waals surface area contributed by atoms with Gasteiger partial charge in [0.25, 0.3) is 11.8 Å². The van der Waals surface area contributed by atoms with Gasteiger partial charge in [-0.05, 0) is 74.5 Å². The first-order valence-electron chi connectivity index (χ1n) is 12.1. The van der Waals surface area contributed by atoms with Gasteiger partial charge in [-0.3, -0.25) is 9.59 Å². The molecule has 1 aromatic carbocycles. The normalized spacial score (nSPS) is 16.1. The maximum atomic E-state index is 13.4. The van der Waals surface area contributed by atoms with Gasteiger partial charge in [0.15, 0.2) is 0 Å². The van der Waals surface area contributed by atoms with E-state index in [-0.39, 0.29) is 17.9 Å². The molecule has 0 atom stereocenters. The Hall–Kier alpha value is -3.14. The van der Waals surface area contributed by atoms with Crippen molar-refractivity contribution in [3.63, 3.8) is 0 Å². The Labute approximate surface area is 219 Å². The van der Waals surface area contributed by atoms with Crippen molar-refractivity contribution in [2.24, 2.45) is 0 Å². The van der Waals surface area contributed by atoms with Gasteiger partial charge in [-0.15, -0.1) is 11.3 Å². The van der Waals surface area contributed by atoms with E-state index in [2.05, 4.69) is 25.8 Å². The molecule has 4 heterocycles. The van der Waals surface area contributed by atoms with Crippen LogP contribution in [0.3, 0.4) is 0 Å². The molecule has 10 heteroatoms. The molecular formula is C26H28ClN5O3S. The van der Waals surface area contributed by atoms with E-state index in [0.717, 1.165) is 44.7 Å². The van der Waals surface area contributed by atoms with E-state index < -0.39 is 0 Å². The first kappa shape index (κ1) is 24.5. The average molecular weight is 526 g/mol. The first-order chi connectivity index (χ1) is 17.6. The van der Waals surface area contributed by atoms with E-state index in [0.29, 0.717) is 32.7 Å². The molecule has 2 aromatic heterocycles. The predicted octanol–water partition coefficient (Wildman–Crippen LogP) is 5.03. The Morgan fingerprint density at radius 3 is 2.61 bits per heavy atom. The average Bonchev–Trinajstić information content (AvgIpc) is 3.59. The van der Waals surface area contributed by atoms with Gasteiger partial charge in [-0.25, -0.2) is 4.98 Å². The summed E-state index contributed by atoms with van der Waals surface area (Å²) in [6.07, 6.45) is 5.64. The van der Waals surface area contributed by atoms with Gasteiger partial charge in [0.2, 0.25) is 0 Å². The number of hydrogen-bond acceptors (Lipinski definition) is 7. The van der Waals surface area contributed by atoms with Gasteiger partial charge in [0, 0.05) is 31.0 Å². The standard InChI is InChI=1S/C26H28ClN5O3S/c27-17-3-6-23(29-16-17)31-26(34)24-21(9-14-36-24)30-25(33)20-5-4-18(32-12-1-2-13-32)15-22(20)35-19-7-10-28-11-8-19/h3-6,9,14-16,19,28H,1-2,7-8,10-13H2,(H,30,33)(H,29,31,34). The molecule has 0 spiro atoms. The summed E-state index contributed by atoms with van der Waals surface area (Å²) in [5, 5.41) is 11.2. The van der Waals surface area contributed by atoms with Crippen molar-refractivity contribution in [1.29, 1.82) is 0 Å². The first-order valence-corrected chi connectivity index (χ1v) is 13.4. The number of benzene rings is 1. The summed E-state index contributed by atoms with van der Waals surface area (Å²) in [6.45, 7) is 3.81. The topological polar surface area (TPSA) is 95.6 Å². The van der Waals surface area contributed by atoms with Crippen LogP contribution in [0, 0.1) is 0 Å². The van der Waals surface area contributed by atoms with E-state index in [1.54, 1.807) is 23.6 Å². The van der Waals surface area contributed by atoms with E-state index >= 15 is 0 Å². The van der Waals surface area contributed by atoms with Crippen molar-refractivity contribution in [3.8, 4) is 5.75 Å². The SMILES string of the molecule is O=C(Nc1ccsc1C(=O)Nc1ccc(Cl)cn1)c1ccc(N2CCCC2)cc1OC1CCNCC1. The molecule has 0 saturated carbocycles. The zero-order valence-corrected chi connectivity index (χ0v) is 21.3. The number of ether oxygens (including phenoxy) is 1. The summed E-state index contributed by atoms with van der Waals surface area (Å²) in [6, 6.07) is 10.8. The molecule has 0 unspecified atom stereocenters. The fourth-order valence-corrected chi connectivity index (χ4v) is 5.31. The predicted molar refractivity (Wildman–Crippen MR) is 144 cm³/mol. The molecule has 0 bridgehead atoms. The van der Waals surface area contributed by atoms with Crippen LogP contribution >= 0.6 is 22.9 Å². The van der Waals surface area contributed by atoms with Crippen LogP contribution in [-0.2, 0) is 0 Å². The smallest absolute Gasteiger partial charge is 0.269 e. The second-order valence-corrected chi connectivity index (χ2v) is 10.2. The van der Waals surface area contributed by atoms with Crippen LogP contribution in [0.15, 0.2) is 48.0 Å². The van der Waals surface area contributed by atoms with E-state index in [1.807, 2.05) is 18.2 Å². The quantitative estimate of drug-likeness (QED) is 0.400. The van der Waals surface area contributed by atoms with Crippen LogP contribution in [0.25, 0.3) is 0 Å². The maximum Gasteiger partial charge on any atom is 0.269 e. The highest BCUT2D eigenvalue weighted by Crippen LogP contribution is 2.31. The fraction of sp³-hybridized carbons (Fsp3) is 0.346. The summed E-state index contributed by atoms with van der Waals surface area (Å²) < 4.78 is 6.37. The Bertz CT molecular complexity index is 1220. The van der Waals surface area contributed by atoms with Gasteiger partial charge in [-0.2, -0.15) is 0 Å². The van der Waals surface area contributed by atoms with E-state index in [9.17, 15) is 9.59 Å². The van der Waals surface area contributed by atoms with Crippen LogP contribution < -0.4 is 25.6 Å². The van der Waals surface area contributed by atoms with Gasteiger partial charge >= 0.3 is 0 Å². The Morgan fingerprint density at radius 2 is 1.86 bits per heavy atom. The summed E-state index contributed by atoms with van der Waals surface area (Å²) in [4.78, 5) is 33.1. The third kappa shape index (κ3) is 5.80. The lowest BCUT2D eigenvalue weighted by Gasteiger charge is -2.26. The molecule has 8 nitrogen and oxygen atoms in total. The Morgan fingerprint density at radius 1 is 1.06 bits per heavy atom. The molecule has 3 N–H and O–H groups in total. The molecule has 0 aliphatic carbocycles. The molecule has 2 fully saturated rings. The van der Waals surface area contributed by atoms with E-state index in [1.165, 1.54) is 30.4 Å². The number of halogens is 1. The molecule has 36 heavy (non-hydrogen) atoms. The summed E-state index contributed by atoms with van der Waals surface area (Å²) >= 11 is 7.12. The molecule has 2 amide bonds. The van der Waals surface area contributed by atoms with Crippen molar-refractivity contribution in [3.05, 3.63) is 63.4 Å². The molecule has 2 aliphatic heterocycles. The number of piperidine rings is 1. The van der Waals surface area contributed by atoms with Crippen molar-refractivity contribution in [1.82, 2.24) is 10.3 Å². The molecule has 2 saturated heterocycles. The van der Waals surface area contributed by atoms with Crippen LogP contribution in [0.2, 0.25) is 5.02 Å². The number of anilines is 3. The zero-order chi connectivity index (χ0) is 24.9. The lowest BCUT2D eigenvalue weighted by molar-refractivity contribution is 0.101. The van der Waals surface area contributed by atoms with E-state index in [4.69, 9.17) is 16.3 Å². The fourth-order valence-electron chi connectivity index (χ4n) is 4.46. The highest BCUT2D eigenvalue weighted by atomic mass is 35.5. The van der Waals surface area contributed by atoms with Crippen LogP contribution in [0.4, 0.5) is 17.2 Å². The number of amides is 2. The van der Waals surface area contributed by atoms with Gasteiger partial charge < -0.3 is 25.6 Å². The number of carbonyl (C=O) groups excluding carboxylic acids is 2. The maximum absolute atomic E-state index is 13.4. The monoisotopic (exact) mass is 525 g/mol. The third-order valence-corrected chi connectivity index (χ3v) is 7.49. The molecule has 0 radical (unpaired) electrons. The highest BCUT2D eigenvalue weighted by Gasteiger charge is 2.23. The van der Waals surface area contributed by atoms with Crippen molar-refractivity contribution in [2.45, 2.75) is 31.8 Å². The molecule has 188 valence electrons. The summed E-state index contributed by atoms with van der Waals surface area (Å²) in [5.74, 6) is 0.287. The van der Waals surface area contributed by atoms with Gasteiger partial charge in [0.1, 0.15) is 22.5 Å². The minimum atomic E-state index is -0.356. The number of hydrogen-bond donors (Lipinski definition) is 3. The minimum Gasteiger partial charge on any atom is -0.489 e. The number of nitrogens with one attached hydrogen (secondary N) is 3. The van der Waals surface area contributed by atoms with Crippen LogP contribution in [0.5, 0.6) is 5.75 Å². The highest BCUT2D eigenvalue weighted by molar-refractivity contribution is 7.12. The molecule has 2 aliphatic rings. The van der Waals surface area contributed by atoms with Crippen LogP contribution in [-0.4, -0.2) is 49.1 Å².